The first-order chi connectivity index (χ1) is 11.0. The van der Waals surface area contributed by atoms with Crippen molar-refractivity contribution in [2.45, 2.75) is 22.3 Å². The molecule has 2 atom stereocenters. The molecule has 0 saturated heterocycles. The van der Waals surface area contributed by atoms with Crippen molar-refractivity contribution in [3.05, 3.63) is 58.6 Å². The van der Waals surface area contributed by atoms with Crippen LogP contribution in [0.25, 0.3) is 0 Å². The zero-order chi connectivity index (χ0) is 16.4. The standard InChI is InChI=1S/C17H16ClNO2S2/c1-23(21)13-5-2-11(3-6-13)17(20)19-15-8-9-22-16-7-4-12(18)10-14(15)16/h2-7,10,15H,8-9H2,1H3,(H,19,20)/t15-,23-/m0/s1. The number of hydrogen-bond acceptors (Lipinski definition) is 3. The fourth-order valence-electron chi connectivity index (χ4n) is 2.55. The number of fused-ring (bicyclic) bond motifs is 1. The fraction of sp³-hybridized carbons (Fsp3) is 0.235. The molecule has 3 rings (SSSR count). The van der Waals surface area contributed by atoms with Crippen LogP contribution in [0.3, 0.4) is 0 Å². The van der Waals surface area contributed by atoms with Gasteiger partial charge in [-0.25, -0.2) is 0 Å². The van der Waals surface area contributed by atoms with Gasteiger partial charge in [-0.1, -0.05) is 11.6 Å². The third-order valence-corrected chi connectivity index (χ3v) is 6.06. The van der Waals surface area contributed by atoms with Gasteiger partial charge in [-0.05, 0) is 54.4 Å². The van der Waals surface area contributed by atoms with Crippen LogP contribution >= 0.6 is 23.4 Å². The first-order valence-corrected chi connectivity index (χ1v) is 10.1. The van der Waals surface area contributed by atoms with Gasteiger partial charge in [-0.15, -0.1) is 11.8 Å². The zero-order valence-corrected chi connectivity index (χ0v) is 14.9. The minimum Gasteiger partial charge on any atom is -0.345 e. The molecule has 1 aliphatic rings. The number of carbonyl (C=O) groups excluding carboxylic acids is 1. The molecule has 0 saturated carbocycles. The lowest BCUT2D eigenvalue weighted by Gasteiger charge is -2.26. The van der Waals surface area contributed by atoms with Crippen LogP contribution in [-0.4, -0.2) is 22.1 Å². The van der Waals surface area contributed by atoms with Gasteiger partial charge >= 0.3 is 0 Å². The predicted octanol–water partition coefficient (Wildman–Crippen LogP) is 4.04. The van der Waals surface area contributed by atoms with Crippen LogP contribution in [0.5, 0.6) is 0 Å². The van der Waals surface area contributed by atoms with E-state index in [0.29, 0.717) is 15.5 Å². The van der Waals surface area contributed by atoms with E-state index in [9.17, 15) is 9.00 Å². The van der Waals surface area contributed by atoms with Crippen molar-refractivity contribution in [3.8, 4) is 0 Å². The second-order valence-corrected chi connectivity index (χ2v) is 8.28. The highest BCUT2D eigenvalue weighted by Crippen LogP contribution is 2.37. The summed E-state index contributed by atoms with van der Waals surface area (Å²) in [6.07, 6.45) is 2.50. The first-order valence-electron chi connectivity index (χ1n) is 7.21. The van der Waals surface area contributed by atoms with Crippen molar-refractivity contribution in [3.63, 3.8) is 0 Å². The summed E-state index contributed by atoms with van der Waals surface area (Å²) in [6, 6.07) is 12.7. The molecule has 3 nitrogen and oxygen atoms in total. The second-order valence-electron chi connectivity index (χ2n) is 5.32. The van der Waals surface area contributed by atoms with Crippen molar-refractivity contribution < 1.29 is 9.00 Å². The summed E-state index contributed by atoms with van der Waals surface area (Å²) in [5.74, 6) is 0.842. The normalized spacial score (nSPS) is 18.1. The Kier molecular flexibility index (Phi) is 5.09. The number of hydrogen-bond donors (Lipinski definition) is 1. The average molecular weight is 366 g/mol. The summed E-state index contributed by atoms with van der Waals surface area (Å²) >= 11 is 7.88. The third-order valence-electron chi connectivity index (χ3n) is 3.77. The van der Waals surface area contributed by atoms with E-state index < -0.39 is 10.8 Å². The number of benzene rings is 2. The molecule has 0 bridgehead atoms. The molecule has 2 aromatic carbocycles. The minimum absolute atomic E-state index is 0.0302. The molecule has 0 aromatic heterocycles. The lowest BCUT2D eigenvalue weighted by atomic mass is 10.0. The number of nitrogens with one attached hydrogen (secondary N) is 1. The molecular formula is C17H16ClNO2S2. The quantitative estimate of drug-likeness (QED) is 0.892. The van der Waals surface area contributed by atoms with Gasteiger partial charge in [0.2, 0.25) is 0 Å². The average Bonchev–Trinajstić information content (AvgIpc) is 2.55. The van der Waals surface area contributed by atoms with Crippen LogP contribution in [-0.2, 0) is 10.8 Å². The maximum atomic E-state index is 12.5. The number of amides is 1. The van der Waals surface area contributed by atoms with Crippen molar-refractivity contribution >= 4 is 40.1 Å². The van der Waals surface area contributed by atoms with Crippen LogP contribution in [0.4, 0.5) is 0 Å². The van der Waals surface area contributed by atoms with Crippen LogP contribution in [0.2, 0.25) is 5.02 Å². The number of rotatable bonds is 3. The monoisotopic (exact) mass is 365 g/mol. The maximum Gasteiger partial charge on any atom is 0.251 e. The van der Waals surface area contributed by atoms with Gasteiger partial charge in [0.05, 0.1) is 6.04 Å². The van der Waals surface area contributed by atoms with E-state index >= 15 is 0 Å². The molecule has 0 aliphatic carbocycles. The van der Waals surface area contributed by atoms with E-state index in [1.165, 1.54) is 4.90 Å². The molecule has 0 unspecified atom stereocenters. The summed E-state index contributed by atoms with van der Waals surface area (Å²) in [7, 11) is -1.04. The number of halogens is 1. The minimum atomic E-state index is -1.04. The van der Waals surface area contributed by atoms with Gasteiger partial charge < -0.3 is 5.32 Å². The topological polar surface area (TPSA) is 46.2 Å². The van der Waals surface area contributed by atoms with Crippen molar-refractivity contribution in [2.75, 3.05) is 12.0 Å². The first kappa shape index (κ1) is 16.6. The summed E-state index contributed by atoms with van der Waals surface area (Å²) in [6.45, 7) is 0. The molecule has 23 heavy (non-hydrogen) atoms. The summed E-state index contributed by atoms with van der Waals surface area (Å²) < 4.78 is 11.4. The Morgan fingerprint density at radius 3 is 2.70 bits per heavy atom. The van der Waals surface area contributed by atoms with Gasteiger partial charge in [0.15, 0.2) is 0 Å². The smallest absolute Gasteiger partial charge is 0.251 e. The zero-order valence-electron chi connectivity index (χ0n) is 12.5. The fourth-order valence-corrected chi connectivity index (χ4v) is 4.36. The Hall–Kier alpha value is -1.30. The van der Waals surface area contributed by atoms with Gasteiger partial charge in [0, 0.05) is 43.2 Å². The third kappa shape index (κ3) is 3.79. The molecule has 120 valence electrons. The van der Waals surface area contributed by atoms with E-state index in [-0.39, 0.29) is 11.9 Å². The van der Waals surface area contributed by atoms with Crippen LogP contribution in [0.1, 0.15) is 28.4 Å². The Labute approximate surface area is 147 Å². The molecule has 2 aromatic rings. The molecule has 0 radical (unpaired) electrons. The van der Waals surface area contributed by atoms with Gasteiger partial charge in [-0.3, -0.25) is 9.00 Å². The van der Waals surface area contributed by atoms with Gasteiger partial charge in [0.25, 0.3) is 5.91 Å². The highest BCUT2D eigenvalue weighted by molar-refractivity contribution is 7.99. The van der Waals surface area contributed by atoms with E-state index in [0.717, 1.165) is 17.7 Å². The summed E-state index contributed by atoms with van der Waals surface area (Å²) in [5, 5.41) is 3.76. The molecule has 1 amide bonds. The largest absolute Gasteiger partial charge is 0.345 e. The number of carbonyl (C=O) groups is 1. The Morgan fingerprint density at radius 1 is 1.26 bits per heavy atom. The Morgan fingerprint density at radius 2 is 2.00 bits per heavy atom. The van der Waals surface area contributed by atoms with Crippen molar-refractivity contribution in [1.82, 2.24) is 5.32 Å². The maximum absolute atomic E-state index is 12.5. The van der Waals surface area contributed by atoms with Gasteiger partial charge in [0.1, 0.15) is 0 Å². The van der Waals surface area contributed by atoms with E-state index in [1.54, 1.807) is 42.3 Å². The molecule has 1 heterocycles. The van der Waals surface area contributed by atoms with E-state index in [1.807, 2.05) is 18.2 Å². The SMILES string of the molecule is C[S@](=O)c1ccc(C(=O)N[C@H]2CCSc3ccc(Cl)cc32)cc1. The second kappa shape index (κ2) is 7.07. The number of thioether (sulfide) groups is 1. The van der Waals surface area contributed by atoms with Gasteiger partial charge in [-0.2, -0.15) is 0 Å². The lowest BCUT2D eigenvalue weighted by Crippen LogP contribution is -2.30. The Bertz CT molecular complexity index is 762. The Balaban J connectivity index is 1.79. The molecule has 0 spiro atoms. The molecule has 6 heteroatoms. The van der Waals surface area contributed by atoms with E-state index in [4.69, 9.17) is 11.6 Å². The molecule has 1 aliphatic heterocycles. The van der Waals surface area contributed by atoms with Crippen LogP contribution < -0.4 is 5.32 Å². The molecular weight excluding hydrogens is 350 g/mol. The molecule has 1 N–H and O–H groups in total. The predicted molar refractivity (Wildman–Crippen MR) is 95.8 cm³/mol. The van der Waals surface area contributed by atoms with Crippen LogP contribution in [0.15, 0.2) is 52.3 Å². The lowest BCUT2D eigenvalue weighted by molar-refractivity contribution is 0.0935. The summed E-state index contributed by atoms with van der Waals surface area (Å²) in [4.78, 5) is 14.3. The van der Waals surface area contributed by atoms with E-state index in [2.05, 4.69) is 5.32 Å². The highest BCUT2D eigenvalue weighted by Gasteiger charge is 2.23. The highest BCUT2D eigenvalue weighted by atomic mass is 35.5. The van der Waals surface area contributed by atoms with Crippen LogP contribution in [0, 0.1) is 0 Å². The summed E-state index contributed by atoms with van der Waals surface area (Å²) in [5.41, 5.74) is 1.65. The molecule has 0 fully saturated rings. The van der Waals surface area contributed by atoms with Crippen molar-refractivity contribution in [1.29, 1.82) is 0 Å². The van der Waals surface area contributed by atoms with Crippen molar-refractivity contribution in [2.24, 2.45) is 0 Å².